The Hall–Kier alpha value is -3.06. The summed E-state index contributed by atoms with van der Waals surface area (Å²) >= 11 is 0. The van der Waals surface area contributed by atoms with E-state index in [1.807, 2.05) is 13.8 Å². The van der Waals surface area contributed by atoms with Gasteiger partial charge in [0.2, 0.25) is 0 Å². The molecule has 13 nitrogen and oxygen atoms in total. The van der Waals surface area contributed by atoms with E-state index in [1.165, 1.54) is 17.8 Å². The highest BCUT2D eigenvalue weighted by Crippen LogP contribution is 2.62. The molecule has 0 radical (unpaired) electrons. The minimum atomic E-state index is -4.24. The molecule has 0 amide bonds. The molecule has 5 N–H and O–H groups in total. The number of anilines is 1. The molecule has 1 spiro atoms. The fourth-order valence-corrected chi connectivity index (χ4v) is 7.12. The lowest BCUT2D eigenvalue weighted by Crippen LogP contribution is -2.40. The van der Waals surface area contributed by atoms with Crippen LogP contribution < -0.4 is 15.3 Å². The van der Waals surface area contributed by atoms with Gasteiger partial charge in [-0.05, 0) is 44.0 Å². The van der Waals surface area contributed by atoms with Crippen LogP contribution in [0.5, 0.6) is 5.75 Å². The van der Waals surface area contributed by atoms with E-state index in [-0.39, 0.29) is 30.5 Å². The van der Waals surface area contributed by atoms with E-state index >= 15 is 0 Å². The summed E-state index contributed by atoms with van der Waals surface area (Å²) in [6.07, 6.45) is -0.609. The van der Waals surface area contributed by atoms with Gasteiger partial charge < -0.3 is 29.9 Å². The molecule has 1 saturated heterocycles. The van der Waals surface area contributed by atoms with Gasteiger partial charge in [0.05, 0.1) is 12.3 Å². The van der Waals surface area contributed by atoms with Crippen molar-refractivity contribution in [2.75, 3.05) is 12.3 Å². The number of para-hydroxylation sites is 1. The normalized spacial score (nSPS) is 29.1. The molecule has 3 aromatic rings. The zero-order chi connectivity index (χ0) is 30.3. The minimum Gasteiger partial charge on any atom is -0.464 e. The average Bonchev–Trinajstić information content (AvgIpc) is 3.35. The van der Waals surface area contributed by atoms with Crippen LogP contribution in [-0.2, 0) is 29.0 Å². The van der Waals surface area contributed by atoms with E-state index in [0.29, 0.717) is 11.2 Å². The Kier molecular flexibility index (Phi) is 8.36. The molecule has 0 bridgehead atoms. The van der Waals surface area contributed by atoms with Crippen molar-refractivity contribution >= 4 is 25.1 Å². The Morgan fingerprint density at radius 3 is 2.62 bits per heavy atom. The lowest BCUT2D eigenvalue weighted by atomic mass is 9.93. The number of nitrogens with zero attached hydrogens (tertiary/aromatic N) is 3. The highest BCUT2D eigenvalue weighted by Gasteiger charge is 2.74. The number of hydrogen-bond donors (Lipinski definition) is 4. The minimum absolute atomic E-state index is 0.110. The van der Waals surface area contributed by atoms with Crippen molar-refractivity contribution in [3.8, 4) is 5.75 Å². The number of esters is 1. The fraction of sp³-hybridized carbons (Fsp3) is 0.536. The van der Waals surface area contributed by atoms with Crippen molar-refractivity contribution < 1.29 is 38.1 Å². The van der Waals surface area contributed by atoms with E-state index in [2.05, 4.69) is 15.2 Å². The Balaban J connectivity index is 1.36. The monoisotopic (exact) mass is 603 g/mol. The summed E-state index contributed by atoms with van der Waals surface area (Å²) in [5.41, 5.74) is 4.11. The van der Waals surface area contributed by atoms with Crippen LogP contribution in [0, 0.1) is 5.92 Å². The van der Waals surface area contributed by atoms with Crippen molar-refractivity contribution in [1.29, 1.82) is 0 Å². The first-order valence-electron chi connectivity index (χ1n) is 14.1. The number of hydrogen-bond acceptors (Lipinski definition) is 11. The first kappa shape index (κ1) is 30.4. The van der Waals surface area contributed by atoms with Crippen molar-refractivity contribution in [1.82, 2.24) is 19.7 Å². The molecule has 2 aliphatic rings. The van der Waals surface area contributed by atoms with Crippen LogP contribution in [0.1, 0.15) is 52.7 Å². The third-order valence-electron chi connectivity index (χ3n) is 8.20. The number of carbonyl (C=O) groups excluding carboxylic acids is 1. The standard InChI is InChI=1S/C28H38N5O8P/c1-5-18(6-2)15-38-26(36)17(3)32-42(37,39-19-10-8-7-9-11-19)40-22-14-28(22)24(35)23(34)27(4,41-28)21-13-12-20-25(29)30-16-31-33(20)21/h7-13,16-18,22-24,34-35H,5-6,14-15H2,1-4H3,(H,32,37)(H2,29,30,31)/t17-,22-,23+,24-,27-,28?,42-/m0/s1. The molecular formula is C28H38N5O8P. The van der Waals surface area contributed by atoms with Crippen molar-refractivity contribution in [2.24, 2.45) is 5.92 Å². The van der Waals surface area contributed by atoms with Gasteiger partial charge in [-0.25, -0.2) is 14.1 Å². The highest BCUT2D eigenvalue weighted by atomic mass is 31.2. The number of nitrogen functional groups attached to an aromatic ring is 1. The number of ether oxygens (including phenoxy) is 2. The van der Waals surface area contributed by atoms with Crippen LogP contribution in [0.15, 0.2) is 48.8 Å². The molecule has 7 atom stereocenters. The van der Waals surface area contributed by atoms with Crippen LogP contribution in [0.25, 0.3) is 5.52 Å². The summed E-state index contributed by atoms with van der Waals surface area (Å²) < 4.78 is 39.2. The van der Waals surface area contributed by atoms with E-state index in [0.717, 1.165) is 12.8 Å². The second kappa shape index (κ2) is 11.6. The third kappa shape index (κ3) is 5.52. The van der Waals surface area contributed by atoms with Crippen LogP contribution in [0.3, 0.4) is 0 Å². The molecule has 1 aliphatic heterocycles. The summed E-state index contributed by atoms with van der Waals surface area (Å²) in [5.74, 6) is 0.107. The van der Waals surface area contributed by atoms with Crippen molar-refractivity contribution in [3.05, 3.63) is 54.5 Å². The van der Waals surface area contributed by atoms with Gasteiger partial charge in [0.25, 0.3) is 0 Å². The first-order valence-corrected chi connectivity index (χ1v) is 15.6. The van der Waals surface area contributed by atoms with Gasteiger partial charge in [-0.2, -0.15) is 10.2 Å². The molecule has 1 unspecified atom stereocenters. The van der Waals surface area contributed by atoms with Gasteiger partial charge in [0.1, 0.15) is 53.1 Å². The van der Waals surface area contributed by atoms with Gasteiger partial charge in [0, 0.05) is 6.42 Å². The number of aliphatic hydroxyl groups excluding tert-OH is 2. The summed E-state index contributed by atoms with van der Waals surface area (Å²) in [5, 5.41) is 29.3. The number of aromatic nitrogens is 3. The summed E-state index contributed by atoms with van der Waals surface area (Å²) in [7, 11) is -4.24. The number of rotatable bonds is 12. The zero-order valence-corrected chi connectivity index (χ0v) is 24.9. The molecule has 1 saturated carbocycles. The summed E-state index contributed by atoms with van der Waals surface area (Å²) in [4.78, 5) is 16.8. The zero-order valence-electron chi connectivity index (χ0n) is 24.0. The second-order valence-electron chi connectivity index (χ2n) is 11.1. The lowest BCUT2D eigenvalue weighted by Gasteiger charge is -2.27. The molecular weight excluding hydrogens is 565 g/mol. The van der Waals surface area contributed by atoms with Gasteiger partial charge in [-0.3, -0.25) is 9.32 Å². The maximum atomic E-state index is 14.1. The molecule has 14 heteroatoms. The average molecular weight is 604 g/mol. The Bertz CT molecular complexity index is 1470. The predicted octanol–water partition coefficient (Wildman–Crippen LogP) is 2.95. The van der Waals surface area contributed by atoms with Gasteiger partial charge in [0.15, 0.2) is 5.82 Å². The topological polar surface area (TPSA) is 180 Å². The first-order chi connectivity index (χ1) is 20.0. The smallest absolute Gasteiger partial charge is 0.459 e. The molecule has 228 valence electrons. The summed E-state index contributed by atoms with van der Waals surface area (Å²) in [6, 6.07) is 10.7. The number of benzene rings is 1. The van der Waals surface area contributed by atoms with Crippen LogP contribution in [0.4, 0.5) is 5.82 Å². The molecule has 1 aliphatic carbocycles. The van der Waals surface area contributed by atoms with Crippen molar-refractivity contribution in [3.63, 3.8) is 0 Å². The van der Waals surface area contributed by atoms with Crippen LogP contribution >= 0.6 is 7.75 Å². The number of fused-ring (bicyclic) bond motifs is 1. The van der Waals surface area contributed by atoms with Gasteiger partial charge >= 0.3 is 13.7 Å². The van der Waals surface area contributed by atoms with E-state index < -0.39 is 49.3 Å². The van der Waals surface area contributed by atoms with Gasteiger partial charge in [-0.15, -0.1) is 0 Å². The maximum absolute atomic E-state index is 14.1. The van der Waals surface area contributed by atoms with Crippen molar-refractivity contribution in [2.45, 2.75) is 82.5 Å². The Morgan fingerprint density at radius 2 is 1.93 bits per heavy atom. The highest BCUT2D eigenvalue weighted by molar-refractivity contribution is 7.52. The quantitative estimate of drug-likeness (QED) is 0.176. The number of nitrogens with two attached hydrogens (primary N) is 1. The molecule has 42 heavy (non-hydrogen) atoms. The summed E-state index contributed by atoms with van der Waals surface area (Å²) in [6.45, 7) is 7.43. The van der Waals surface area contributed by atoms with E-state index in [1.54, 1.807) is 49.4 Å². The lowest BCUT2D eigenvalue weighted by molar-refractivity contribution is -0.146. The fourth-order valence-electron chi connectivity index (χ4n) is 5.40. The number of aliphatic hydroxyl groups is 2. The predicted molar refractivity (Wildman–Crippen MR) is 152 cm³/mol. The molecule has 5 rings (SSSR count). The molecule has 3 heterocycles. The maximum Gasteiger partial charge on any atom is 0.459 e. The number of carbonyl (C=O) groups is 1. The van der Waals surface area contributed by atoms with Crippen LogP contribution in [0.2, 0.25) is 0 Å². The van der Waals surface area contributed by atoms with E-state index in [9.17, 15) is 19.6 Å². The Labute approximate surface area is 243 Å². The largest absolute Gasteiger partial charge is 0.464 e. The Morgan fingerprint density at radius 1 is 1.21 bits per heavy atom. The molecule has 2 fully saturated rings. The molecule has 1 aromatic carbocycles. The van der Waals surface area contributed by atoms with E-state index in [4.69, 9.17) is 24.3 Å². The number of nitrogens with one attached hydrogen (secondary N) is 1. The van der Waals surface area contributed by atoms with Crippen LogP contribution in [-0.4, -0.2) is 67.3 Å². The van der Waals surface area contributed by atoms with Gasteiger partial charge in [-0.1, -0.05) is 44.9 Å². The SMILES string of the molecule is CCC(CC)COC(=O)[C@H](C)N[P@](=O)(Oc1ccccc1)O[C@H]1CC12O[C@@](C)(c1ccc3c(N)ncnn13)[C@H](O)[C@@H]2O. The molecule has 2 aromatic heterocycles. The third-order valence-corrected chi connectivity index (χ3v) is 9.89. The second-order valence-corrected chi connectivity index (χ2v) is 12.7.